The van der Waals surface area contributed by atoms with Crippen LogP contribution in [0.4, 0.5) is 0 Å². The zero-order valence-electron chi connectivity index (χ0n) is 8.92. The Morgan fingerprint density at radius 3 is 2.64 bits per heavy atom. The Balaban J connectivity index is 2.05. The zero-order chi connectivity index (χ0) is 10.4. The van der Waals surface area contributed by atoms with Crippen molar-refractivity contribution in [1.29, 1.82) is 0 Å². The molecule has 1 unspecified atom stereocenters. The Labute approximate surface area is 86.0 Å². The van der Waals surface area contributed by atoms with Crippen LogP contribution >= 0.6 is 0 Å². The van der Waals surface area contributed by atoms with E-state index in [4.69, 9.17) is 10.5 Å². The lowest BCUT2D eigenvalue weighted by Crippen LogP contribution is -2.22. The minimum atomic E-state index is -0.735. The summed E-state index contributed by atoms with van der Waals surface area (Å²) in [7, 11) is 0. The normalized spacial score (nSPS) is 20.4. The zero-order valence-corrected chi connectivity index (χ0v) is 8.92. The van der Waals surface area contributed by atoms with E-state index in [2.05, 4.69) is 0 Å². The Kier molecular flexibility index (Phi) is 4.94. The monoisotopic (exact) mass is 198 g/mol. The molecule has 1 fully saturated rings. The molecule has 14 heavy (non-hydrogen) atoms. The topological polar surface area (TPSA) is 50.1 Å². The van der Waals surface area contributed by atoms with Gasteiger partial charge in [-0.3, -0.25) is 4.79 Å². The van der Waals surface area contributed by atoms with Crippen LogP contribution in [0, 0.1) is 5.92 Å². The van der Waals surface area contributed by atoms with Crippen molar-refractivity contribution < 1.29 is 9.53 Å². The molecule has 3 nitrogen and oxygen atoms in total. The molecule has 0 spiro atoms. The maximum atomic E-state index is 11.0. The van der Waals surface area contributed by atoms with Gasteiger partial charge in [0.25, 0.3) is 0 Å². The van der Waals surface area contributed by atoms with Crippen LogP contribution < -0.4 is 5.73 Å². The molecule has 1 aliphatic rings. The number of carbonyl (C=O) groups is 1. The molecule has 0 aromatic heterocycles. The Morgan fingerprint density at radius 1 is 1.43 bits per heavy atom. The summed E-state index contributed by atoms with van der Waals surface area (Å²) in [5, 5.41) is 0. The van der Waals surface area contributed by atoms with E-state index in [-0.39, 0.29) is 5.97 Å². The van der Waals surface area contributed by atoms with Gasteiger partial charge >= 0.3 is 5.97 Å². The lowest BCUT2D eigenvalue weighted by molar-refractivity contribution is -0.145. The van der Waals surface area contributed by atoms with Crippen LogP contribution in [-0.2, 0) is 9.53 Å². The molecule has 0 heterocycles. The fraction of sp³-hybridized carbons (Fsp3) is 0.909. The molecule has 81 valence electrons. The van der Waals surface area contributed by atoms with Crippen LogP contribution in [0.25, 0.3) is 0 Å². The molecule has 1 rings (SSSR count). The van der Waals surface area contributed by atoms with E-state index in [1.54, 1.807) is 6.92 Å². The summed E-state index contributed by atoms with van der Waals surface area (Å²) in [4.78, 5) is 11.0. The molecule has 0 aliphatic heterocycles. The predicted molar refractivity (Wildman–Crippen MR) is 54.7 cm³/mol. The summed E-state index contributed by atoms with van der Waals surface area (Å²) in [5.41, 5.74) is 7.13. The number of rotatable bonds is 4. The first-order chi connectivity index (χ1) is 6.70. The van der Waals surface area contributed by atoms with E-state index in [1.165, 1.54) is 32.1 Å². The van der Waals surface area contributed by atoms with E-state index < -0.39 is 6.04 Å². The van der Waals surface area contributed by atoms with E-state index >= 15 is 0 Å². The number of carbonyl (C=O) groups excluding carboxylic acids is 1. The highest BCUT2D eigenvalue weighted by atomic mass is 16.5. The van der Waals surface area contributed by atoms with Crippen molar-refractivity contribution in [1.82, 2.24) is 5.73 Å². The lowest BCUT2D eigenvalue weighted by Gasteiger charge is -2.21. The minimum absolute atomic E-state index is 0.388. The Hall–Kier alpha value is -0.570. The van der Waals surface area contributed by atoms with E-state index in [9.17, 15) is 4.79 Å². The maximum absolute atomic E-state index is 11.0. The second kappa shape index (κ2) is 6.02. The van der Waals surface area contributed by atoms with Crippen molar-refractivity contribution in [3.63, 3.8) is 0 Å². The van der Waals surface area contributed by atoms with Crippen molar-refractivity contribution in [3.05, 3.63) is 0 Å². The largest absolute Gasteiger partial charge is 0.464 e. The quantitative estimate of drug-likeness (QED) is 0.650. The molecule has 1 N–H and O–H groups in total. The van der Waals surface area contributed by atoms with Gasteiger partial charge in [0, 0.05) is 0 Å². The summed E-state index contributed by atoms with van der Waals surface area (Å²) in [6.45, 7) is 2.05. The highest BCUT2D eigenvalue weighted by molar-refractivity contribution is 5.74. The lowest BCUT2D eigenvalue weighted by atomic mass is 9.87. The van der Waals surface area contributed by atoms with Crippen molar-refractivity contribution in [2.24, 2.45) is 5.92 Å². The molecule has 1 aliphatic carbocycles. The minimum Gasteiger partial charge on any atom is -0.464 e. The molecule has 1 radical (unpaired) electrons. The maximum Gasteiger partial charge on any atom is 0.324 e. The van der Waals surface area contributed by atoms with Crippen LogP contribution in [0.15, 0.2) is 0 Å². The molecule has 0 saturated heterocycles. The summed E-state index contributed by atoms with van der Waals surface area (Å²) in [6, 6.07) is -0.735. The second-order valence-corrected chi connectivity index (χ2v) is 4.18. The van der Waals surface area contributed by atoms with Crippen molar-refractivity contribution in [2.45, 2.75) is 51.5 Å². The highest BCUT2D eigenvalue weighted by Gasteiger charge is 2.15. The van der Waals surface area contributed by atoms with Gasteiger partial charge < -0.3 is 4.74 Å². The standard InChI is InChI=1S/C11H20NO2/c1-9(12)11(13)14-8-7-10-5-3-2-4-6-10/h9-10,12H,2-8H2,1H3. The first kappa shape index (κ1) is 11.5. The first-order valence-electron chi connectivity index (χ1n) is 5.58. The molecule has 0 aromatic rings. The van der Waals surface area contributed by atoms with Crippen molar-refractivity contribution >= 4 is 5.97 Å². The van der Waals surface area contributed by atoms with E-state index in [0.29, 0.717) is 6.61 Å². The predicted octanol–water partition coefficient (Wildman–Crippen LogP) is 2.17. The molecule has 0 bridgehead atoms. The number of hydrogen-bond acceptors (Lipinski definition) is 2. The number of nitrogens with one attached hydrogen (secondary N) is 1. The average Bonchev–Trinajstić information content (AvgIpc) is 2.19. The van der Waals surface area contributed by atoms with Gasteiger partial charge in [0.2, 0.25) is 0 Å². The van der Waals surface area contributed by atoms with Crippen LogP contribution in [0.3, 0.4) is 0 Å². The summed E-state index contributed by atoms with van der Waals surface area (Å²) >= 11 is 0. The molecule has 0 aromatic carbocycles. The van der Waals surface area contributed by atoms with Gasteiger partial charge in [-0.25, -0.2) is 5.73 Å². The third-order valence-electron chi connectivity index (χ3n) is 2.85. The summed E-state index contributed by atoms with van der Waals surface area (Å²) in [5.74, 6) is 0.360. The van der Waals surface area contributed by atoms with Crippen LogP contribution in [0.2, 0.25) is 0 Å². The molecule has 1 saturated carbocycles. The second-order valence-electron chi connectivity index (χ2n) is 4.18. The van der Waals surface area contributed by atoms with Crippen molar-refractivity contribution in [3.8, 4) is 0 Å². The van der Waals surface area contributed by atoms with Crippen LogP contribution in [-0.4, -0.2) is 18.6 Å². The summed E-state index contributed by atoms with van der Waals surface area (Å²) in [6.07, 6.45) is 7.57. The van der Waals surface area contributed by atoms with Gasteiger partial charge in [0.15, 0.2) is 0 Å². The number of esters is 1. The fourth-order valence-corrected chi connectivity index (χ4v) is 1.93. The SMILES string of the molecule is CC([NH])C(=O)OCCC1CCCCC1. The van der Waals surface area contributed by atoms with Gasteiger partial charge in [-0.15, -0.1) is 0 Å². The van der Waals surface area contributed by atoms with Crippen molar-refractivity contribution in [2.75, 3.05) is 6.61 Å². The highest BCUT2D eigenvalue weighted by Crippen LogP contribution is 2.26. The third-order valence-corrected chi connectivity index (χ3v) is 2.85. The smallest absolute Gasteiger partial charge is 0.324 e. The summed E-state index contributed by atoms with van der Waals surface area (Å²) < 4.78 is 4.98. The fourth-order valence-electron chi connectivity index (χ4n) is 1.93. The van der Waals surface area contributed by atoms with Gasteiger partial charge in [0.1, 0.15) is 6.04 Å². The average molecular weight is 198 g/mol. The molecule has 0 amide bonds. The third kappa shape index (κ3) is 4.09. The molecular weight excluding hydrogens is 178 g/mol. The van der Waals surface area contributed by atoms with Crippen LogP contribution in [0.5, 0.6) is 0 Å². The molecule has 3 heteroatoms. The number of ether oxygens (including phenoxy) is 1. The molecular formula is C11H20NO2. The Morgan fingerprint density at radius 2 is 2.07 bits per heavy atom. The van der Waals surface area contributed by atoms with E-state index in [1.807, 2.05) is 0 Å². The van der Waals surface area contributed by atoms with Gasteiger partial charge in [-0.2, -0.15) is 0 Å². The molecule has 1 atom stereocenters. The van der Waals surface area contributed by atoms with E-state index in [0.717, 1.165) is 12.3 Å². The first-order valence-corrected chi connectivity index (χ1v) is 5.58. The van der Waals surface area contributed by atoms with Gasteiger partial charge in [-0.1, -0.05) is 32.1 Å². The number of hydrogen-bond donors (Lipinski definition) is 0. The Bertz CT molecular complexity index is 174. The van der Waals surface area contributed by atoms with Gasteiger partial charge in [0.05, 0.1) is 6.61 Å². The van der Waals surface area contributed by atoms with Gasteiger partial charge in [-0.05, 0) is 19.3 Å². The van der Waals surface area contributed by atoms with Crippen LogP contribution in [0.1, 0.15) is 45.4 Å².